The minimum Gasteiger partial charge on any atom is -0.387 e. The maximum Gasteiger partial charge on any atom is 0.0977 e. The van der Waals surface area contributed by atoms with Crippen LogP contribution in [0.4, 0.5) is 0 Å². The number of aryl methyl sites for hydroxylation is 1. The van der Waals surface area contributed by atoms with Gasteiger partial charge in [-0.25, -0.2) is 0 Å². The molecule has 3 heteroatoms. The molecule has 2 unspecified atom stereocenters. The summed E-state index contributed by atoms with van der Waals surface area (Å²) in [5, 5.41) is 9.91. The van der Waals surface area contributed by atoms with Crippen molar-refractivity contribution in [3.8, 4) is 0 Å². The standard InChI is InChI=1S/C12H20N2O/c1-4-5-9(2)6-12(15)11-8-13-10(3)7-14-11/h7-9,12,15H,4-6H2,1-3H3. The third kappa shape index (κ3) is 3.96. The van der Waals surface area contributed by atoms with Crippen LogP contribution >= 0.6 is 0 Å². The van der Waals surface area contributed by atoms with Crippen LogP contribution in [0.5, 0.6) is 0 Å². The van der Waals surface area contributed by atoms with Crippen molar-refractivity contribution in [2.24, 2.45) is 5.92 Å². The predicted molar refractivity (Wildman–Crippen MR) is 60.4 cm³/mol. The van der Waals surface area contributed by atoms with Gasteiger partial charge in [0.15, 0.2) is 0 Å². The Morgan fingerprint density at radius 1 is 1.33 bits per heavy atom. The van der Waals surface area contributed by atoms with E-state index in [0.717, 1.165) is 25.0 Å². The molecule has 0 saturated heterocycles. The zero-order chi connectivity index (χ0) is 11.3. The molecule has 0 aliphatic rings. The minimum atomic E-state index is -0.473. The molecule has 15 heavy (non-hydrogen) atoms. The van der Waals surface area contributed by atoms with Crippen molar-refractivity contribution in [2.45, 2.75) is 46.1 Å². The smallest absolute Gasteiger partial charge is 0.0977 e. The predicted octanol–water partition coefficient (Wildman–Crippen LogP) is 2.64. The summed E-state index contributed by atoms with van der Waals surface area (Å²) in [6, 6.07) is 0. The zero-order valence-corrected chi connectivity index (χ0v) is 9.77. The van der Waals surface area contributed by atoms with Gasteiger partial charge in [0.1, 0.15) is 0 Å². The Bertz CT molecular complexity index is 284. The van der Waals surface area contributed by atoms with Gasteiger partial charge in [-0.05, 0) is 19.3 Å². The molecule has 84 valence electrons. The third-order valence-electron chi connectivity index (χ3n) is 2.55. The molecule has 1 N–H and O–H groups in total. The average Bonchev–Trinajstić information content (AvgIpc) is 2.18. The van der Waals surface area contributed by atoms with E-state index in [4.69, 9.17) is 0 Å². The second kappa shape index (κ2) is 5.81. The molecular weight excluding hydrogens is 188 g/mol. The third-order valence-corrected chi connectivity index (χ3v) is 2.55. The number of aliphatic hydroxyl groups is 1. The highest BCUT2D eigenvalue weighted by molar-refractivity contribution is 5.03. The van der Waals surface area contributed by atoms with Gasteiger partial charge in [-0.1, -0.05) is 26.7 Å². The molecule has 0 aliphatic carbocycles. The Morgan fingerprint density at radius 2 is 2.07 bits per heavy atom. The average molecular weight is 208 g/mol. The number of hydrogen-bond donors (Lipinski definition) is 1. The second-order valence-corrected chi connectivity index (χ2v) is 4.23. The van der Waals surface area contributed by atoms with E-state index in [9.17, 15) is 5.11 Å². The lowest BCUT2D eigenvalue weighted by Crippen LogP contribution is -2.06. The SMILES string of the molecule is CCCC(C)CC(O)c1cnc(C)cn1. The Morgan fingerprint density at radius 3 is 2.60 bits per heavy atom. The van der Waals surface area contributed by atoms with Crippen molar-refractivity contribution in [2.75, 3.05) is 0 Å². The first kappa shape index (κ1) is 12.1. The van der Waals surface area contributed by atoms with Gasteiger partial charge in [-0.15, -0.1) is 0 Å². The monoisotopic (exact) mass is 208 g/mol. The molecule has 1 heterocycles. The van der Waals surface area contributed by atoms with E-state index >= 15 is 0 Å². The largest absolute Gasteiger partial charge is 0.387 e. The van der Waals surface area contributed by atoms with Crippen molar-refractivity contribution in [3.05, 3.63) is 23.8 Å². The summed E-state index contributed by atoms with van der Waals surface area (Å²) >= 11 is 0. The highest BCUT2D eigenvalue weighted by Gasteiger charge is 2.13. The molecule has 0 saturated carbocycles. The van der Waals surface area contributed by atoms with Crippen LogP contribution in [0.15, 0.2) is 12.4 Å². The van der Waals surface area contributed by atoms with Gasteiger partial charge in [0.2, 0.25) is 0 Å². The quantitative estimate of drug-likeness (QED) is 0.809. The van der Waals surface area contributed by atoms with Crippen LogP contribution < -0.4 is 0 Å². The summed E-state index contributed by atoms with van der Waals surface area (Å²) in [5.41, 5.74) is 1.57. The maximum absolute atomic E-state index is 9.91. The fourth-order valence-electron chi connectivity index (χ4n) is 1.69. The van der Waals surface area contributed by atoms with E-state index in [-0.39, 0.29) is 0 Å². The molecular formula is C12H20N2O. The molecule has 0 spiro atoms. The van der Waals surface area contributed by atoms with E-state index in [1.807, 2.05) is 6.92 Å². The van der Waals surface area contributed by atoms with Crippen molar-refractivity contribution in [1.82, 2.24) is 9.97 Å². The first-order valence-corrected chi connectivity index (χ1v) is 5.60. The van der Waals surface area contributed by atoms with Gasteiger partial charge in [-0.2, -0.15) is 0 Å². The summed E-state index contributed by atoms with van der Waals surface area (Å²) in [4.78, 5) is 8.31. The van der Waals surface area contributed by atoms with E-state index in [2.05, 4.69) is 23.8 Å². The van der Waals surface area contributed by atoms with Gasteiger partial charge < -0.3 is 5.11 Å². The van der Waals surface area contributed by atoms with Gasteiger partial charge in [0.05, 0.1) is 23.7 Å². The Kier molecular flexibility index (Phi) is 4.69. The van der Waals surface area contributed by atoms with Crippen LogP contribution in [0.3, 0.4) is 0 Å². The van der Waals surface area contributed by atoms with Crippen molar-refractivity contribution in [1.29, 1.82) is 0 Å². The topological polar surface area (TPSA) is 46.0 Å². The summed E-state index contributed by atoms with van der Waals surface area (Å²) in [6.45, 7) is 6.21. The Labute approximate surface area is 91.6 Å². The molecule has 1 rings (SSSR count). The van der Waals surface area contributed by atoms with Gasteiger partial charge >= 0.3 is 0 Å². The molecule has 0 fully saturated rings. The van der Waals surface area contributed by atoms with Gasteiger partial charge in [-0.3, -0.25) is 9.97 Å². The van der Waals surface area contributed by atoms with Crippen LogP contribution in [0, 0.1) is 12.8 Å². The molecule has 0 amide bonds. The van der Waals surface area contributed by atoms with Crippen LogP contribution in [-0.2, 0) is 0 Å². The maximum atomic E-state index is 9.91. The molecule has 0 bridgehead atoms. The lowest BCUT2D eigenvalue weighted by molar-refractivity contribution is 0.140. The van der Waals surface area contributed by atoms with Crippen LogP contribution in [0.1, 0.15) is 50.6 Å². The van der Waals surface area contributed by atoms with Gasteiger partial charge in [0.25, 0.3) is 0 Å². The lowest BCUT2D eigenvalue weighted by atomic mass is 9.97. The number of hydrogen-bond acceptors (Lipinski definition) is 3. The Hall–Kier alpha value is -0.960. The van der Waals surface area contributed by atoms with Crippen LogP contribution in [0.2, 0.25) is 0 Å². The van der Waals surface area contributed by atoms with Gasteiger partial charge in [0, 0.05) is 6.20 Å². The normalized spacial score (nSPS) is 14.9. The van der Waals surface area contributed by atoms with E-state index < -0.39 is 6.10 Å². The highest BCUT2D eigenvalue weighted by atomic mass is 16.3. The minimum absolute atomic E-state index is 0.473. The highest BCUT2D eigenvalue weighted by Crippen LogP contribution is 2.21. The number of aliphatic hydroxyl groups excluding tert-OH is 1. The van der Waals surface area contributed by atoms with Crippen LogP contribution in [-0.4, -0.2) is 15.1 Å². The Balaban J connectivity index is 2.53. The first-order chi connectivity index (χ1) is 7.13. The molecule has 0 aromatic carbocycles. The van der Waals surface area contributed by atoms with Crippen molar-refractivity contribution < 1.29 is 5.11 Å². The molecule has 3 nitrogen and oxygen atoms in total. The number of aromatic nitrogens is 2. The van der Waals surface area contributed by atoms with E-state index in [1.54, 1.807) is 12.4 Å². The van der Waals surface area contributed by atoms with E-state index in [1.165, 1.54) is 0 Å². The molecule has 2 atom stereocenters. The molecule has 0 radical (unpaired) electrons. The first-order valence-electron chi connectivity index (χ1n) is 5.60. The molecule has 1 aromatic rings. The van der Waals surface area contributed by atoms with Crippen molar-refractivity contribution >= 4 is 0 Å². The summed E-state index contributed by atoms with van der Waals surface area (Å²) in [5.74, 6) is 0.535. The number of rotatable bonds is 5. The summed E-state index contributed by atoms with van der Waals surface area (Å²) in [7, 11) is 0. The zero-order valence-electron chi connectivity index (χ0n) is 9.77. The summed E-state index contributed by atoms with van der Waals surface area (Å²) < 4.78 is 0. The second-order valence-electron chi connectivity index (χ2n) is 4.23. The molecule has 0 aliphatic heterocycles. The lowest BCUT2D eigenvalue weighted by Gasteiger charge is -2.14. The van der Waals surface area contributed by atoms with Crippen LogP contribution in [0.25, 0.3) is 0 Å². The fraction of sp³-hybridized carbons (Fsp3) is 0.667. The van der Waals surface area contributed by atoms with E-state index in [0.29, 0.717) is 11.6 Å². The summed E-state index contributed by atoms with van der Waals surface area (Å²) in [6.07, 6.45) is 5.97. The van der Waals surface area contributed by atoms with Crippen molar-refractivity contribution in [3.63, 3.8) is 0 Å². The molecule has 1 aromatic heterocycles. The fourth-order valence-corrected chi connectivity index (χ4v) is 1.69. The number of nitrogens with zero attached hydrogens (tertiary/aromatic N) is 2.